The van der Waals surface area contributed by atoms with E-state index in [9.17, 15) is 8.42 Å². The molecule has 28 heavy (non-hydrogen) atoms. The average Bonchev–Trinajstić information content (AvgIpc) is 2.78. The molecule has 1 aliphatic heterocycles. The Labute approximate surface area is 167 Å². The maximum atomic E-state index is 11.2. The summed E-state index contributed by atoms with van der Waals surface area (Å²) in [5.41, 5.74) is 5.70. The Morgan fingerprint density at radius 3 is 2.68 bits per heavy atom. The summed E-state index contributed by atoms with van der Waals surface area (Å²) in [5, 5.41) is 5.12. The van der Waals surface area contributed by atoms with Crippen molar-refractivity contribution in [1.82, 2.24) is 4.90 Å². The summed E-state index contributed by atoms with van der Waals surface area (Å²) in [6.07, 6.45) is 4.39. The highest BCUT2D eigenvalue weighted by atomic mass is 32.2. The monoisotopic (exact) mass is 400 g/mol. The van der Waals surface area contributed by atoms with Crippen LogP contribution in [0.5, 0.6) is 5.75 Å². The molecule has 5 nitrogen and oxygen atoms in total. The molecule has 2 aromatic rings. The first kappa shape index (κ1) is 20.6. The molecule has 0 aromatic heterocycles. The minimum atomic E-state index is -3.43. The summed E-state index contributed by atoms with van der Waals surface area (Å²) in [6, 6.07) is 14.5. The van der Waals surface area contributed by atoms with Gasteiger partial charge in [0.15, 0.2) is 0 Å². The van der Waals surface area contributed by atoms with Crippen molar-refractivity contribution in [3.63, 3.8) is 0 Å². The van der Waals surface area contributed by atoms with Crippen LogP contribution in [-0.2, 0) is 23.1 Å². The molecule has 0 bridgehead atoms. The van der Waals surface area contributed by atoms with Crippen LogP contribution < -0.4 is 9.88 Å². The maximum Gasteiger partial charge on any atom is 0.209 e. The minimum absolute atomic E-state index is 0.00501. The van der Waals surface area contributed by atoms with E-state index in [-0.39, 0.29) is 5.75 Å². The molecule has 0 amide bonds. The molecule has 0 fully saturated rings. The predicted octanol–water partition coefficient (Wildman–Crippen LogP) is 3.18. The lowest BCUT2D eigenvalue weighted by molar-refractivity contribution is 0.307. The van der Waals surface area contributed by atoms with Crippen molar-refractivity contribution in [2.24, 2.45) is 5.14 Å². The predicted molar refractivity (Wildman–Crippen MR) is 114 cm³/mol. The molecule has 0 saturated carbocycles. The van der Waals surface area contributed by atoms with Gasteiger partial charge in [0.1, 0.15) is 12.4 Å². The van der Waals surface area contributed by atoms with Gasteiger partial charge in [0.05, 0.1) is 5.75 Å². The molecule has 0 spiro atoms. The van der Waals surface area contributed by atoms with E-state index in [0.29, 0.717) is 19.4 Å². The molecule has 0 saturated heterocycles. The lowest BCUT2D eigenvalue weighted by atomic mass is 9.92. The van der Waals surface area contributed by atoms with Crippen LogP contribution in [0.25, 0.3) is 5.57 Å². The van der Waals surface area contributed by atoms with Gasteiger partial charge in [-0.2, -0.15) is 0 Å². The van der Waals surface area contributed by atoms with Crippen molar-refractivity contribution >= 4 is 15.6 Å². The summed E-state index contributed by atoms with van der Waals surface area (Å²) in [4.78, 5) is 2.17. The summed E-state index contributed by atoms with van der Waals surface area (Å²) < 4.78 is 28.5. The van der Waals surface area contributed by atoms with Crippen molar-refractivity contribution in [1.29, 1.82) is 0 Å². The molecule has 0 aliphatic carbocycles. The Morgan fingerprint density at radius 2 is 1.93 bits per heavy atom. The highest BCUT2D eigenvalue weighted by molar-refractivity contribution is 7.89. The Kier molecular flexibility index (Phi) is 6.54. The molecule has 0 radical (unpaired) electrons. The summed E-state index contributed by atoms with van der Waals surface area (Å²) in [5.74, 6) is 0.858. The Hall–Kier alpha value is -2.15. The summed E-state index contributed by atoms with van der Waals surface area (Å²) in [7, 11) is 0.710. The molecule has 150 valence electrons. The van der Waals surface area contributed by atoms with Crippen LogP contribution in [-0.4, -0.2) is 39.7 Å². The Morgan fingerprint density at radius 1 is 1.14 bits per heavy atom. The normalized spacial score (nSPS) is 15.1. The number of benzene rings is 2. The zero-order chi connectivity index (χ0) is 20.1. The molecule has 1 aliphatic rings. The van der Waals surface area contributed by atoms with Gasteiger partial charge in [-0.1, -0.05) is 36.4 Å². The van der Waals surface area contributed by atoms with Gasteiger partial charge in [-0.25, -0.2) is 13.6 Å². The van der Waals surface area contributed by atoms with Gasteiger partial charge >= 0.3 is 0 Å². The van der Waals surface area contributed by atoms with Crippen molar-refractivity contribution < 1.29 is 13.2 Å². The van der Waals surface area contributed by atoms with Crippen molar-refractivity contribution in [2.75, 3.05) is 26.4 Å². The molecule has 2 N–H and O–H groups in total. The SMILES string of the molecule is CN(C)CCC=C1c2ccccc2COc2ccc(CCCS(N)(=O)=O)cc21. The van der Waals surface area contributed by atoms with Crippen LogP contribution in [0.1, 0.15) is 35.1 Å². The van der Waals surface area contributed by atoms with Gasteiger partial charge in [0, 0.05) is 12.1 Å². The number of primary sulfonamides is 1. The van der Waals surface area contributed by atoms with Crippen LogP contribution in [0.15, 0.2) is 48.5 Å². The van der Waals surface area contributed by atoms with E-state index in [2.05, 4.69) is 49.3 Å². The average molecular weight is 401 g/mol. The van der Waals surface area contributed by atoms with E-state index in [1.54, 1.807) is 0 Å². The summed E-state index contributed by atoms with van der Waals surface area (Å²) in [6.45, 7) is 1.51. The van der Waals surface area contributed by atoms with Crippen LogP contribution in [0.4, 0.5) is 0 Å². The number of fused-ring (bicyclic) bond motifs is 2. The van der Waals surface area contributed by atoms with Gasteiger partial charge in [-0.15, -0.1) is 0 Å². The zero-order valence-corrected chi connectivity index (χ0v) is 17.3. The van der Waals surface area contributed by atoms with Crippen LogP contribution in [0, 0.1) is 0 Å². The van der Waals surface area contributed by atoms with Crippen LogP contribution >= 0.6 is 0 Å². The number of sulfonamides is 1. The first-order valence-electron chi connectivity index (χ1n) is 9.53. The smallest absolute Gasteiger partial charge is 0.209 e. The fourth-order valence-corrected chi connectivity index (χ4v) is 3.99. The number of hydrogen-bond donors (Lipinski definition) is 1. The third kappa shape index (κ3) is 5.44. The van der Waals surface area contributed by atoms with Gasteiger partial charge in [0.25, 0.3) is 0 Å². The molecule has 0 atom stereocenters. The van der Waals surface area contributed by atoms with E-state index in [1.807, 2.05) is 18.2 Å². The van der Waals surface area contributed by atoms with Crippen LogP contribution in [0.2, 0.25) is 0 Å². The number of hydrogen-bond acceptors (Lipinski definition) is 4. The van der Waals surface area contributed by atoms with Gasteiger partial charge < -0.3 is 9.64 Å². The van der Waals surface area contributed by atoms with Gasteiger partial charge in [-0.3, -0.25) is 0 Å². The number of aryl methyl sites for hydroxylation is 1. The third-order valence-corrected chi connectivity index (χ3v) is 5.70. The van der Waals surface area contributed by atoms with E-state index in [0.717, 1.165) is 29.8 Å². The number of nitrogens with zero attached hydrogens (tertiary/aromatic N) is 1. The second kappa shape index (κ2) is 8.90. The number of ether oxygens (including phenoxy) is 1. The van der Waals surface area contributed by atoms with Gasteiger partial charge in [-0.05, 0) is 67.8 Å². The zero-order valence-electron chi connectivity index (χ0n) is 16.5. The highest BCUT2D eigenvalue weighted by Gasteiger charge is 2.19. The molecule has 0 unspecified atom stereocenters. The largest absolute Gasteiger partial charge is 0.488 e. The van der Waals surface area contributed by atoms with Crippen molar-refractivity contribution in [2.45, 2.75) is 25.9 Å². The Bertz CT molecular complexity index is 965. The molecule has 6 heteroatoms. The minimum Gasteiger partial charge on any atom is -0.488 e. The topological polar surface area (TPSA) is 72.6 Å². The fraction of sp³-hybridized carbons (Fsp3) is 0.364. The van der Waals surface area contributed by atoms with E-state index in [1.165, 1.54) is 16.7 Å². The van der Waals surface area contributed by atoms with E-state index < -0.39 is 10.0 Å². The fourth-order valence-electron chi connectivity index (χ4n) is 3.44. The van der Waals surface area contributed by atoms with E-state index >= 15 is 0 Å². The van der Waals surface area contributed by atoms with Gasteiger partial charge in [0.2, 0.25) is 10.0 Å². The maximum absolute atomic E-state index is 11.2. The lowest BCUT2D eigenvalue weighted by Crippen LogP contribution is -2.16. The number of rotatable bonds is 7. The second-order valence-corrected chi connectivity index (χ2v) is 9.19. The molecule has 2 aromatic carbocycles. The molecular weight excluding hydrogens is 372 g/mol. The first-order valence-corrected chi connectivity index (χ1v) is 11.2. The van der Waals surface area contributed by atoms with Crippen LogP contribution in [0.3, 0.4) is 0 Å². The quantitative estimate of drug-likeness (QED) is 0.775. The second-order valence-electron chi connectivity index (χ2n) is 7.46. The standard InChI is InChI=1S/C22H28N2O3S/c1-24(2)13-5-10-20-19-9-4-3-8-18(19)16-27-22-12-11-17(15-21(20)22)7-6-14-28(23,25)26/h3-4,8-12,15H,5-7,13-14,16H2,1-2H3,(H2,23,25,26). The molecule has 3 rings (SSSR count). The van der Waals surface area contributed by atoms with E-state index in [4.69, 9.17) is 9.88 Å². The summed E-state index contributed by atoms with van der Waals surface area (Å²) >= 11 is 0. The first-order chi connectivity index (χ1) is 13.3. The Balaban J connectivity index is 1.95. The highest BCUT2D eigenvalue weighted by Crippen LogP contribution is 2.37. The van der Waals surface area contributed by atoms with Crippen molar-refractivity contribution in [3.05, 3.63) is 70.8 Å². The lowest BCUT2D eigenvalue weighted by Gasteiger charge is -2.14. The molecular formula is C22H28N2O3S. The number of nitrogens with two attached hydrogens (primary N) is 1. The third-order valence-electron chi connectivity index (χ3n) is 4.84. The molecule has 1 heterocycles. The van der Waals surface area contributed by atoms with Crippen molar-refractivity contribution in [3.8, 4) is 5.75 Å².